The number of aryl methyl sites for hydroxylation is 3. The van der Waals surface area contributed by atoms with Gasteiger partial charge in [0, 0.05) is 18.4 Å². The molecular weight excluding hydrogens is 206 g/mol. The van der Waals surface area contributed by atoms with Crippen molar-refractivity contribution in [1.29, 1.82) is 0 Å². The Labute approximate surface area is 106 Å². The maximum Gasteiger partial charge on any atom is 0.0222 e. The zero-order valence-electron chi connectivity index (χ0n) is 11.7. The number of rotatable bonds is 4. The minimum Gasteiger partial charge on any atom is -0.351 e. The Morgan fingerprint density at radius 3 is 2.41 bits per heavy atom. The van der Waals surface area contributed by atoms with E-state index in [0.29, 0.717) is 0 Å². The molecule has 0 aliphatic heterocycles. The minimum atomic E-state index is 1.09. The number of hydrogen-bond acceptors (Lipinski definition) is 0. The molecule has 94 valence electrons. The second-order valence-electron chi connectivity index (χ2n) is 4.60. The van der Waals surface area contributed by atoms with Crippen molar-refractivity contribution in [3.8, 4) is 0 Å². The van der Waals surface area contributed by atoms with Crippen LogP contribution >= 0.6 is 0 Å². The molecule has 0 amide bonds. The van der Waals surface area contributed by atoms with Crippen LogP contribution in [0.15, 0.2) is 30.5 Å². The summed E-state index contributed by atoms with van der Waals surface area (Å²) < 4.78 is 2.40. The number of nitrogens with zero attached hydrogens (tertiary/aromatic N) is 1. The molecule has 0 aromatic carbocycles. The molecule has 0 aliphatic rings. The van der Waals surface area contributed by atoms with Crippen molar-refractivity contribution in [3.63, 3.8) is 0 Å². The molecule has 0 N–H and O–H groups in total. The van der Waals surface area contributed by atoms with Crippen molar-refractivity contribution in [3.05, 3.63) is 47.3 Å². The molecule has 0 saturated carbocycles. The fraction of sp³-hybridized carbons (Fsp3) is 0.500. The Bertz CT molecular complexity index is 400. The molecule has 1 aromatic rings. The van der Waals surface area contributed by atoms with Crippen molar-refractivity contribution < 1.29 is 0 Å². The smallest absolute Gasteiger partial charge is 0.0222 e. The van der Waals surface area contributed by atoms with E-state index < -0.39 is 0 Å². The molecule has 0 fully saturated rings. The summed E-state index contributed by atoms with van der Waals surface area (Å²) in [5.41, 5.74) is 4.12. The van der Waals surface area contributed by atoms with E-state index in [1.54, 1.807) is 0 Å². The molecule has 1 aromatic heterocycles. The van der Waals surface area contributed by atoms with Gasteiger partial charge < -0.3 is 4.57 Å². The van der Waals surface area contributed by atoms with Gasteiger partial charge in [0.05, 0.1) is 0 Å². The summed E-state index contributed by atoms with van der Waals surface area (Å²) in [6, 6.07) is 8.67. The molecule has 1 heterocycles. The van der Waals surface area contributed by atoms with E-state index >= 15 is 0 Å². The number of aromatic nitrogens is 1. The monoisotopic (exact) mass is 231 g/mol. The highest BCUT2D eigenvalue weighted by Gasteiger charge is 1.97. The molecule has 1 rings (SSSR count). The zero-order valence-corrected chi connectivity index (χ0v) is 11.7. The van der Waals surface area contributed by atoms with E-state index in [1.165, 1.54) is 29.7 Å². The molecule has 0 atom stereocenters. The van der Waals surface area contributed by atoms with Crippen LogP contribution in [-0.4, -0.2) is 4.57 Å². The quantitative estimate of drug-likeness (QED) is 0.714. The van der Waals surface area contributed by atoms with Crippen LogP contribution in [0.5, 0.6) is 0 Å². The van der Waals surface area contributed by atoms with Gasteiger partial charge in [0.2, 0.25) is 0 Å². The van der Waals surface area contributed by atoms with Crippen molar-refractivity contribution >= 4 is 0 Å². The topological polar surface area (TPSA) is 4.93 Å². The Balaban J connectivity index is 3.33. The Morgan fingerprint density at radius 1 is 1.06 bits per heavy atom. The van der Waals surface area contributed by atoms with Gasteiger partial charge in [-0.15, -0.1) is 0 Å². The predicted molar refractivity (Wildman–Crippen MR) is 75.8 cm³/mol. The van der Waals surface area contributed by atoms with E-state index in [2.05, 4.69) is 62.7 Å². The summed E-state index contributed by atoms with van der Waals surface area (Å²) in [6.07, 6.45) is 5.84. The van der Waals surface area contributed by atoms with Gasteiger partial charge in [-0.25, -0.2) is 0 Å². The highest BCUT2D eigenvalue weighted by Crippen LogP contribution is 2.08. The van der Waals surface area contributed by atoms with E-state index in [4.69, 9.17) is 0 Å². The van der Waals surface area contributed by atoms with Crippen LogP contribution in [0.2, 0.25) is 0 Å². The van der Waals surface area contributed by atoms with E-state index in [-0.39, 0.29) is 0 Å². The molecule has 1 nitrogen and oxygen atoms in total. The molecule has 0 aliphatic carbocycles. The van der Waals surface area contributed by atoms with Crippen LogP contribution in [-0.2, 0) is 13.0 Å². The second-order valence-corrected chi connectivity index (χ2v) is 4.60. The van der Waals surface area contributed by atoms with Crippen LogP contribution in [0.1, 0.15) is 43.5 Å². The zero-order chi connectivity index (χ0) is 12.7. The van der Waals surface area contributed by atoms with Crippen LogP contribution in [0, 0.1) is 13.8 Å². The Morgan fingerprint density at radius 2 is 1.76 bits per heavy atom. The third-order valence-corrected chi connectivity index (χ3v) is 3.16. The molecule has 0 unspecified atom stereocenters. The summed E-state index contributed by atoms with van der Waals surface area (Å²) >= 11 is 0. The van der Waals surface area contributed by atoms with Crippen molar-refractivity contribution in [1.82, 2.24) is 4.57 Å². The second kappa shape index (κ2) is 7.16. The standard InChI is InChI=1S/C16H25N/c1-5-7-12-17-13-14(3)10-8-9-11-16(6-2)15(17)4/h8-11,13H,5-7,12H2,1-4H3. The Kier molecular flexibility index (Phi) is 5.82. The average molecular weight is 231 g/mol. The Hall–Kier alpha value is -1.24. The molecule has 17 heavy (non-hydrogen) atoms. The van der Waals surface area contributed by atoms with Gasteiger partial charge in [-0.2, -0.15) is 0 Å². The SMILES string of the molecule is CCCCn1cc(C)ccccc(CC)c1C. The van der Waals surface area contributed by atoms with Gasteiger partial charge in [0.15, 0.2) is 0 Å². The fourth-order valence-electron chi connectivity index (χ4n) is 2.00. The van der Waals surface area contributed by atoms with Gasteiger partial charge >= 0.3 is 0 Å². The lowest BCUT2D eigenvalue weighted by Gasteiger charge is -2.11. The first-order valence-electron chi connectivity index (χ1n) is 6.68. The maximum absolute atomic E-state index is 2.40. The molecule has 0 bridgehead atoms. The first-order chi connectivity index (χ1) is 8.19. The first-order valence-corrected chi connectivity index (χ1v) is 6.68. The summed E-state index contributed by atoms with van der Waals surface area (Å²) in [4.78, 5) is 0. The van der Waals surface area contributed by atoms with Gasteiger partial charge in [-0.05, 0) is 37.8 Å². The average Bonchev–Trinajstić information content (AvgIpc) is 2.39. The summed E-state index contributed by atoms with van der Waals surface area (Å²) in [7, 11) is 0. The van der Waals surface area contributed by atoms with Crippen molar-refractivity contribution in [2.24, 2.45) is 0 Å². The van der Waals surface area contributed by atoms with Gasteiger partial charge in [0.1, 0.15) is 0 Å². The largest absolute Gasteiger partial charge is 0.351 e. The fourth-order valence-corrected chi connectivity index (χ4v) is 2.00. The highest BCUT2D eigenvalue weighted by molar-refractivity contribution is 5.19. The van der Waals surface area contributed by atoms with E-state index in [0.717, 1.165) is 13.0 Å². The van der Waals surface area contributed by atoms with Crippen molar-refractivity contribution in [2.45, 2.75) is 53.5 Å². The van der Waals surface area contributed by atoms with Gasteiger partial charge in [-0.3, -0.25) is 0 Å². The van der Waals surface area contributed by atoms with Gasteiger partial charge in [0.25, 0.3) is 0 Å². The first kappa shape index (κ1) is 13.8. The van der Waals surface area contributed by atoms with Crippen LogP contribution < -0.4 is 0 Å². The predicted octanol–water partition coefficient (Wildman–Crippen LogP) is 4.59. The minimum absolute atomic E-state index is 1.09. The maximum atomic E-state index is 2.40. The van der Waals surface area contributed by atoms with E-state index in [1.807, 2.05) is 0 Å². The number of hydrogen-bond donors (Lipinski definition) is 0. The molecular formula is C16H25N. The lowest BCUT2D eigenvalue weighted by Crippen LogP contribution is -2.04. The lowest BCUT2D eigenvalue weighted by molar-refractivity contribution is 0.611. The number of unbranched alkanes of at least 4 members (excludes halogenated alkanes) is 1. The molecule has 0 saturated heterocycles. The van der Waals surface area contributed by atoms with Crippen molar-refractivity contribution in [2.75, 3.05) is 0 Å². The van der Waals surface area contributed by atoms with Crippen LogP contribution in [0.4, 0.5) is 0 Å². The molecule has 0 spiro atoms. The third-order valence-electron chi connectivity index (χ3n) is 3.16. The van der Waals surface area contributed by atoms with Crippen LogP contribution in [0.3, 0.4) is 0 Å². The molecule has 1 heteroatoms. The third kappa shape index (κ3) is 4.26. The molecule has 0 radical (unpaired) electrons. The van der Waals surface area contributed by atoms with E-state index in [9.17, 15) is 0 Å². The van der Waals surface area contributed by atoms with Gasteiger partial charge in [-0.1, -0.05) is 44.5 Å². The highest BCUT2D eigenvalue weighted by atomic mass is 14.9. The summed E-state index contributed by atoms with van der Waals surface area (Å²) in [5, 5.41) is 0. The lowest BCUT2D eigenvalue weighted by atomic mass is 10.1. The summed E-state index contributed by atoms with van der Waals surface area (Å²) in [5.74, 6) is 0. The summed E-state index contributed by atoms with van der Waals surface area (Å²) in [6.45, 7) is 9.97. The van der Waals surface area contributed by atoms with Crippen LogP contribution in [0.25, 0.3) is 0 Å². The normalized spacial score (nSPS) is 10.1.